The van der Waals surface area contributed by atoms with Gasteiger partial charge in [0.15, 0.2) is 5.16 Å². The van der Waals surface area contributed by atoms with Crippen LogP contribution in [0.3, 0.4) is 0 Å². The molecule has 1 saturated carbocycles. The molecule has 0 atom stereocenters. The molecule has 0 saturated heterocycles. The molecule has 7 heteroatoms. The zero-order valence-corrected chi connectivity index (χ0v) is 13.3. The van der Waals surface area contributed by atoms with Crippen molar-refractivity contribution < 1.29 is 9.90 Å². The van der Waals surface area contributed by atoms with E-state index in [0.29, 0.717) is 15.4 Å². The van der Waals surface area contributed by atoms with Crippen molar-refractivity contribution in [1.29, 1.82) is 0 Å². The van der Waals surface area contributed by atoms with Gasteiger partial charge in [-0.3, -0.25) is 14.2 Å². The standard InChI is InChI=1S/C14H16N2O3S2/c1-14(5-2-3-6-14)16-12(19)11-9(4-7-20-11)15-13(16)21-8-10(17)18/h4,7H,2-3,5-6,8H2,1H3,(H,17,18). The van der Waals surface area contributed by atoms with Crippen LogP contribution in [0, 0.1) is 0 Å². The maximum absolute atomic E-state index is 12.8. The molecule has 0 bridgehead atoms. The number of carboxylic acids is 1. The van der Waals surface area contributed by atoms with Gasteiger partial charge in [-0.25, -0.2) is 4.98 Å². The average molecular weight is 324 g/mol. The summed E-state index contributed by atoms with van der Waals surface area (Å²) in [5.41, 5.74) is 0.381. The molecule has 112 valence electrons. The lowest BCUT2D eigenvalue weighted by molar-refractivity contribution is -0.133. The number of aliphatic carboxylic acids is 1. The van der Waals surface area contributed by atoms with E-state index in [1.807, 2.05) is 11.4 Å². The first-order chi connectivity index (χ1) is 10.0. The van der Waals surface area contributed by atoms with Crippen LogP contribution in [0.2, 0.25) is 0 Å². The van der Waals surface area contributed by atoms with E-state index in [4.69, 9.17) is 5.11 Å². The molecule has 0 spiro atoms. The predicted octanol–water partition coefficient (Wildman–Crippen LogP) is 2.92. The zero-order valence-electron chi connectivity index (χ0n) is 11.7. The van der Waals surface area contributed by atoms with E-state index in [0.717, 1.165) is 37.4 Å². The normalized spacial score (nSPS) is 17.4. The number of carboxylic acid groups (broad SMARTS) is 1. The first kappa shape index (κ1) is 14.6. The molecule has 1 N–H and O–H groups in total. The first-order valence-electron chi connectivity index (χ1n) is 6.87. The van der Waals surface area contributed by atoms with Crippen LogP contribution in [0.15, 0.2) is 21.4 Å². The minimum atomic E-state index is -0.900. The predicted molar refractivity (Wildman–Crippen MR) is 84.4 cm³/mol. The number of hydrogen-bond donors (Lipinski definition) is 1. The van der Waals surface area contributed by atoms with Crippen molar-refractivity contribution in [3.63, 3.8) is 0 Å². The van der Waals surface area contributed by atoms with Crippen LogP contribution >= 0.6 is 23.1 Å². The first-order valence-corrected chi connectivity index (χ1v) is 8.73. The lowest BCUT2D eigenvalue weighted by Gasteiger charge is -2.28. The maximum atomic E-state index is 12.8. The Labute approximate surface area is 130 Å². The Morgan fingerprint density at radius 1 is 1.52 bits per heavy atom. The molecule has 0 unspecified atom stereocenters. The van der Waals surface area contributed by atoms with E-state index in [1.165, 1.54) is 11.3 Å². The molecule has 0 radical (unpaired) electrons. The molecular weight excluding hydrogens is 308 g/mol. The van der Waals surface area contributed by atoms with E-state index in [9.17, 15) is 9.59 Å². The summed E-state index contributed by atoms with van der Waals surface area (Å²) in [5.74, 6) is -0.985. The van der Waals surface area contributed by atoms with Crippen molar-refractivity contribution in [2.24, 2.45) is 0 Å². The van der Waals surface area contributed by atoms with Gasteiger partial charge < -0.3 is 5.11 Å². The Morgan fingerprint density at radius 3 is 2.90 bits per heavy atom. The molecule has 1 aliphatic carbocycles. The summed E-state index contributed by atoms with van der Waals surface area (Å²) < 4.78 is 2.40. The molecule has 0 aromatic carbocycles. The van der Waals surface area contributed by atoms with Crippen LogP contribution in [-0.2, 0) is 10.3 Å². The van der Waals surface area contributed by atoms with Crippen LogP contribution in [0.1, 0.15) is 32.6 Å². The number of nitrogens with zero attached hydrogens (tertiary/aromatic N) is 2. The van der Waals surface area contributed by atoms with Crippen LogP contribution in [0.25, 0.3) is 10.2 Å². The van der Waals surface area contributed by atoms with Crippen molar-refractivity contribution in [3.05, 3.63) is 21.8 Å². The molecular formula is C14H16N2O3S2. The van der Waals surface area contributed by atoms with E-state index in [1.54, 1.807) is 4.57 Å². The molecule has 5 nitrogen and oxygen atoms in total. The Balaban J connectivity index is 2.18. The van der Waals surface area contributed by atoms with Crippen LogP contribution in [0.5, 0.6) is 0 Å². The second-order valence-electron chi connectivity index (χ2n) is 5.56. The minimum Gasteiger partial charge on any atom is -0.481 e. The highest BCUT2D eigenvalue weighted by molar-refractivity contribution is 7.99. The Hall–Kier alpha value is -1.34. The molecule has 2 aromatic rings. The van der Waals surface area contributed by atoms with Gasteiger partial charge in [0.2, 0.25) is 0 Å². The number of rotatable bonds is 4. The van der Waals surface area contributed by atoms with Crippen molar-refractivity contribution in [2.75, 3.05) is 5.75 Å². The van der Waals surface area contributed by atoms with Gasteiger partial charge in [0, 0.05) is 5.54 Å². The number of thiophene rings is 1. The third-order valence-corrected chi connectivity index (χ3v) is 5.81. The highest BCUT2D eigenvalue weighted by atomic mass is 32.2. The second-order valence-corrected chi connectivity index (χ2v) is 7.41. The Kier molecular flexibility index (Phi) is 3.79. The number of hydrogen-bond acceptors (Lipinski definition) is 5. The number of aromatic nitrogens is 2. The van der Waals surface area contributed by atoms with Crippen molar-refractivity contribution in [2.45, 2.75) is 43.3 Å². The summed E-state index contributed by atoms with van der Waals surface area (Å²) in [4.78, 5) is 28.2. The summed E-state index contributed by atoms with van der Waals surface area (Å²) in [5, 5.41) is 11.3. The SMILES string of the molecule is CC1(n2c(SCC(=O)O)nc3ccsc3c2=O)CCCC1. The van der Waals surface area contributed by atoms with Gasteiger partial charge in [-0.1, -0.05) is 24.6 Å². The smallest absolute Gasteiger partial charge is 0.313 e. The molecule has 2 heterocycles. The van der Waals surface area contributed by atoms with Crippen LogP contribution < -0.4 is 5.56 Å². The Bertz CT molecular complexity index is 744. The monoisotopic (exact) mass is 324 g/mol. The third kappa shape index (κ3) is 2.60. The molecule has 21 heavy (non-hydrogen) atoms. The van der Waals surface area contributed by atoms with E-state index >= 15 is 0 Å². The number of thioether (sulfide) groups is 1. The summed E-state index contributed by atoms with van der Waals surface area (Å²) in [7, 11) is 0. The van der Waals surface area contributed by atoms with Crippen molar-refractivity contribution in [3.8, 4) is 0 Å². The topological polar surface area (TPSA) is 72.2 Å². The van der Waals surface area contributed by atoms with Gasteiger partial charge in [0.25, 0.3) is 5.56 Å². The van der Waals surface area contributed by atoms with Crippen LogP contribution in [-0.4, -0.2) is 26.4 Å². The molecule has 0 aliphatic heterocycles. The second kappa shape index (κ2) is 5.46. The van der Waals surface area contributed by atoms with Gasteiger partial charge in [0.1, 0.15) is 4.70 Å². The van der Waals surface area contributed by atoms with Gasteiger partial charge in [0.05, 0.1) is 11.3 Å². The maximum Gasteiger partial charge on any atom is 0.313 e. The molecule has 0 amide bonds. The largest absolute Gasteiger partial charge is 0.481 e. The fourth-order valence-electron chi connectivity index (χ4n) is 2.95. The molecule has 1 fully saturated rings. The van der Waals surface area contributed by atoms with Gasteiger partial charge in [-0.2, -0.15) is 0 Å². The van der Waals surface area contributed by atoms with E-state index in [2.05, 4.69) is 11.9 Å². The molecule has 2 aromatic heterocycles. The lowest BCUT2D eigenvalue weighted by Crippen LogP contribution is -2.38. The minimum absolute atomic E-state index is 0.0349. The van der Waals surface area contributed by atoms with Crippen molar-refractivity contribution in [1.82, 2.24) is 9.55 Å². The van der Waals surface area contributed by atoms with E-state index in [-0.39, 0.29) is 16.9 Å². The van der Waals surface area contributed by atoms with Gasteiger partial charge >= 0.3 is 5.97 Å². The summed E-state index contributed by atoms with van der Waals surface area (Å²) in [6.45, 7) is 2.08. The summed E-state index contributed by atoms with van der Waals surface area (Å²) >= 11 is 2.53. The average Bonchev–Trinajstić information content (AvgIpc) is 3.05. The third-order valence-electron chi connectivity index (χ3n) is 3.99. The molecule has 1 aliphatic rings. The van der Waals surface area contributed by atoms with Crippen LogP contribution in [0.4, 0.5) is 0 Å². The highest BCUT2D eigenvalue weighted by Gasteiger charge is 2.34. The fraction of sp³-hybridized carbons (Fsp3) is 0.500. The van der Waals surface area contributed by atoms with Crippen molar-refractivity contribution >= 4 is 39.3 Å². The number of fused-ring (bicyclic) bond motifs is 1. The lowest BCUT2D eigenvalue weighted by atomic mass is 10.0. The quantitative estimate of drug-likeness (QED) is 0.691. The zero-order chi connectivity index (χ0) is 15.0. The number of carbonyl (C=O) groups is 1. The van der Waals surface area contributed by atoms with Gasteiger partial charge in [-0.05, 0) is 31.2 Å². The summed E-state index contributed by atoms with van der Waals surface area (Å²) in [6, 6.07) is 1.81. The molecule has 3 rings (SSSR count). The summed E-state index contributed by atoms with van der Waals surface area (Å²) in [6.07, 6.45) is 4.06. The Morgan fingerprint density at radius 2 is 2.24 bits per heavy atom. The van der Waals surface area contributed by atoms with Gasteiger partial charge in [-0.15, -0.1) is 11.3 Å². The fourth-order valence-corrected chi connectivity index (χ4v) is 4.56. The van der Waals surface area contributed by atoms with E-state index < -0.39 is 5.97 Å². The highest BCUT2D eigenvalue weighted by Crippen LogP contribution is 2.38.